The molecule has 0 aromatic rings. The van der Waals surface area contributed by atoms with E-state index < -0.39 is 8.15 Å². The summed E-state index contributed by atoms with van der Waals surface area (Å²) in [6.07, 6.45) is 13.3. The van der Waals surface area contributed by atoms with E-state index in [1.54, 1.807) is 6.92 Å². The van der Waals surface area contributed by atoms with Gasteiger partial charge >= 0.3 is 5.97 Å². The van der Waals surface area contributed by atoms with Gasteiger partial charge in [0.15, 0.2) is 0 Å². The Morgan fingerprint density at radius 3 is 1.65 bits per heavy atom. The molecule has 2 aliphatic rings. The molecule has 17 heavy (non-hydrogen) atoms. The first-order valence-corrected chi connectivity index (χ1v) is 8.64. The molecule has 0 saturated heterocycles. The third-order valence-corrected chi connectivity index (χ3v) is 7.04. The zero-order valence-electron chi connectivity index (χ0n) is 11.0. The van der Waals surface area contributed by atoms with Crippen molar-refractivity contribution in [2.75, 3.05) is 0 Å². The lowest BCUT2D eigenvalue weighted by atomic mass is 10.00. The molecule has 0 atom stereocenters. The van der Waals surface area contributed by atoms with Gasteiger partial charge in [0.1, 0.15) is 0 Å². The van der Waals surface area contributed by atoms with Gasteiger partial charge in [0.25, 0.3) is 0 Å². The van der Waals surface area contributed by atoms with Crippen LogP contribution >= 0.6 is 8.15 Å². The van der Waals surface area contributed by atoms with Crippen molar-refractivity contribution in [3.05, 3.63) is 0 Å². The first kappa shape index (κ1) is 13.3. The van der Waals surface area contributed by atoms with E-state index in [0.717, 1.165) is 0 Å². The van der Waals surface area contributed by atoms with Crippen molar-refractivity contribution in [2.45, 2.75) is 82.4 Å². The predicted octanol–water partition coefficient (Wildman–Crippen LogP) is 4.61. The first-order chi connectivity index (χ1) is 8.27. The van der Waals surface area contributed by atoms with Gasteiger partial charge in [-0.25, -0.2) is 0 Å². The molecule has 0 amide bonds. The molecule has 0 spiro atoms. The molecule has 2 nitrogen and oxygen atoms in total. The third-order valence-electron chi connectivity index (χ3n) is 4.10. The highest BCUT2D eigenvalue weighted by Crippen LogP contribution is 2.56. The van der Waals surface area contributed by atoms with Gasteiger partial charge in [-0.2, -0.15) is 0 Å². The van der Waals surface area contributed by atoms with Crippen LogP contribution in [-0.4, -0.2) is 17.3 Å². The second-order valence-electron chi connectivity index (χ2n) is 5.53. The van der Waals surface area contributed by atoms with Crippen molar-refractivity contribution in [3.63, 3.8) is 0 Å². The minimum Gasteiger partial charge on any atom is -0.445 e. The van der Waals surface area contributed by atoms with Crippen molar-refractivity contribution in [2.24, 2.45) is 0 Å². The smallest absolute Gasteiger partial charge is 0.305 e. The van der Waals surface area contributed by atoms with E-state index in [0.29, 0.717) is 11.3 Å². The van der Waals surface area contributed by atoms with Crippen LogP contribution in [0.1, 0.15) is 71.1 Å². The van der Waals surface area contributed by atoms with Crippen LogP contribution in [0.3, 0.4) is 0 Å². The molecule has 3 heteroatoms. The van der Waals surface area contributed by atoms with Gasteiger partial charge in [0, 0.05) is 18.2 Å². The summed E-state index contributed by atoms with van der Waals surface area (Å²) >= 11 is 0. The Labute approximate surface area is 106 Å². The van der Waals surface area contributed by atoms with Gasteiger partial charge in [-0.15, -0.1) is 0 Å². The predicted molar refractivity (Wildman–Crippen MR) is 72.4 cm³/mol. The van der Waals surface area contributed by atoms with Crippen molar-refractivity contribution < 1.29 is 9.32 Å². The van der Waals surface area contributed by atoms with Crippen LogP contribution in [0.2, 0.25) is 0 Å². The maximum Gasteiger partial charge on any atom is 0.305 e. The molecule has 0 aliphatic heterocycles. The average Bonchev–Trinajstić information content (AvgIpc) is 2.38. The van der Waals surface area contributed by atoms with E-state index in [4.69, 9.17) is 4.52 Å². The highest BCUT2D eigenvalue weighted by molar-refractivity contribution is 7.54. The molecule has 98 valence electrons. The number of rotatable bonds is 3. The molecule has 0 bridgehead atoms. The number of hydrogen-bond donors (Lipinski definition) is 0. The molecule has 0 aromatic heterocycles. The summed E-state index contributed by atoms with van der Waals surface area (Å²) in [4.78, 5) is 11.3. The van der Waals surface area contributed by atoms with Crippen molar-refractivity contribution in [3.8, 4) is 0 Å². The van der Waals surface area contributed by atoms with E-state index in [2.05, 4.69) is 0 Å². The van der Waals surface area contributed by atoms with Crippen LogP contribution in [-0.2, 0) is 9.32 Å². The van der Waals surface area contributed by atoms with E-state index in [-0.39, 0.29) is 5.97 Å². The highest BCUT2D eigenvalue weighted by Gasteiger charge is 2.34. The first-order valence-electron chi connectivity index (χ1n) is 7.24. The van der Waals surface area contributed by atoms with Crippen LogP contribution in [0.4, 0.5) is 0 Å². The summed E-state index contributed by atoms with van der Waals surface area (Å²) in [5.74, 6) is -0.0488. The lowest BCUT2D eigenvalue weighted by molar-refractivity contribution is -0.131. The zero-order valence-corrected chi connectivity index (χ0v) is 11.9. The Bertz CT molecular complexity index is 225. The lowest BCUT2D eigenvalue weighted by Gasteiger charge is -2.36. The van der Waals surface area contributed by atoms with E-state index in [1.807, 2.05) is 0 Å². The van der Waals surface area contributed by atoms with Gasteiger partial charge in [0.2, 0.25) is 0 Å². The fourth-order valence-corrected chi connectivity index (χ4v) is 6.21. The molecular formula is C14H25O2P. The van der Waals surface area contributed by atoms with Gasteiger partial charge in [-0.1, -0.05) is 38.5 Å². The highest BCUT2D eigenvalue weighted by atomic mass is 31.1. The minimum absolute atomic E-state index is 0.0488. The number of carbonyl (C=O) groups is 1. The molecule has 2 aliphatic carbocycles. The van der Waals surface area contributed by atoms with Crippen LogP contribution in [0, 0.1) is 0 Å². The topological polar surface area (TPSA) is 26.3 Å². The molecule has 2 saturated carbocycles. The Kier molecular flexibility index (Phi) is 5.28. The molecule has 2 fully saturated rings. The van der Waals surface area contributed by atoms with Crippen molar-refractivity contribution in [1.82, 2.24) is 0 Å². The fourth-order valence-electron chi connectivity index (χ4n) is 3.27. The normalized spacial score (nSPS) is 23.9. The number of hydrogen-bond acceptors (Lipinski definition) is 2. The third kappa shape index (κ3) is 3.95. The Morgan fingerprint density at radius 1 is 0.882 bits per heavy atom. The average molecular weight is 256 g/mol. The summed E-state index contributed by atoms with van der Waals surface area (Å²) in [5.41, 5.74) is 1.43. The van der Waals surface area contributed by atoms with Gasteiger partial charge in [0.05, 0.1) is 8.15 Å². The molecule has 2 rings (SSSR count). The van der Waals surface area contributed by atoms with E-state index in [1.165, 1.54) is 64.2 Å². The summed E-state index contributed by atoms with van der Waals surface area (Å²) < 4.78 is 5.76. The molecule has 0 radical (unpaired) electrons. The van der Waals surface area contributed by atoms with Crippen molar-refractivity contribution in [1.29, 1.82) is 0 Å². The summed E-state index contributed by atoms with van der Waals surface area (Å²) in [5, 5.41) is 0. The van der Waals surface area contributed by atoms with Crippen LogP contribution in [0.25, 0.3) is 0 Å². The Balaban J connectivity index is 1.97. The minimum atomic E-state index is -0.486. The summed E-state index contributed by atoms with van der Waals surface area (Å²) in [7, 11) is -0.486. The van der Waals surface area contributed by atoms with Crippen LogP contribution < -0.4 is 0 Å². The van der Waals surface area contributed by atoms with Gasteiger partial charge < -0.3 is 4.52 Å². The molecule has 0 aromatic carbocycles. The zero-order chi connectivity index (χ0) is 12.1. The monoisotopic (exact) mass is 256 g/mol. The SMILES string of the molecule is CC(=O)OP(C1CCCCC1)C1CCCCC1. The fraction of sp³-hybridized carbons (Fsp3) is 0.929. The second kappa shape index (κ2) is 6.73. The van der Waals surface area contributed by atoms with Crippen molar-refractivity contribution >= 4 is 14.1 Å². The van der Waals surface area contributed by atoms with E-state index >= 15 is 0 Å². The Hall–Kier alpha value is -0.100. The quantitative estimate of drug-likeness (QED) is 0.689. The summed E-state index contributed by atoms with van der Waals surface area (Å²) in [6, 6.07) is 0. The largest absolute Gasteiger partial charge is 0.445 e. The lowest BCUT2D eigenvalue weighted by Crippen LogP contribution is -2.22. The maximum atomic E-state index is 11.3. The van der Waals surface area contributed by atoms with Crippen LogP contribution in [0.5, 0.6) is 0 Å². The van der Waals surface area contributed by atoms with Gasteiger partial charge in [-0.3, -0.25) is 4.79 Å². The molecule has 0 N–H and O–H groups in total. The maximum absolute atomic E-state index is 11.3. The Morgan fingerprint density at radius 2 is 1.29 bits per heavy atom. The van der Waals surface area contributed by atoms with Gasteiger partial charge in [-0.05, 0) is 25.7 Å². The van der Waals surface area contributed by atoms with Crippen LogP contribution in [0.15, 0.2) is 0 Å². The summed E-state index contributed by atoms with van der Waals surface area (Å²) in [6.45, 7) is 1.58. The molecular weight excluding hydrogens is 231 g/mol. The number of carbonyl (C=O) groups excluding carboxylic acids is 1. The molecule has 0 heterocycles. The second-order valence-corrected chi connectivity index (χ2v) is 7.89. The standard InChI is InChI=1S/C14H25O2P/c1-12(15)16-17(13-8-4-2-5-9-13)14-10-6-3-7-11-14/h13-14H,2-11H2,1H3. The molecule has 0 unspecified atom stereocenters. The van der Waals surface area contributed by atoms with E-state index in [9.17, 15) is 4.79 Å².